The number of anilines is 3. The number of hydrogen-bond donors (Lipinski definition) is 0. The molecule has 4 saturated carbocycles. The van der Waals surface area contributed by atoms with E-state index in [0.717, 1.165) is 48.4 Å². The van der Waals surface area contributed by atoms with Crippen LogP contribution in [0.3, 0.4) is 0 Å². The van der Waals surface area contributed by atoms with Gasteiger partial charge in [-0.1, -0.05) is 209 Å². The molecule has 7 aromatic carbocycles. The molecule has 0 saturated heterocycles. The van der Waals surface area contributed by atoms with Crippen molar-refractivity contribution in [1.29, 1.82) is 0 Å². The van der Waals surface area contributed by atoms with Crippen LogP contribution < -0.4 is 28.9 Å². The first-order valence-corrected chi connectivity index (χ1v) is 52.5. The summed E-state index contributed by atoms with van der Waals surface area (Å²) in [6.07, 6.45) is -7.97. The van der Waals surface area contributed by atoms with Crippen molar-refractivity contribution in [3.05, 3.63) is 308 Å². The smallest absolute Gasteiger partial charge is 0.435 e. The number of carbonyl (C=O) groups is 3. The number of benzene rings is 7. The van der Waals surface area contributed by atoms with Crippen molar-refractivity contribution in [2.75, 3.05) is 67.2 Å². The molecule has 145 heavy (non-hydrogen) atoms. The molecule has 6 heterocycles. The SMILES string of the molecule is CN(Cc1ccc(C(=O)CS(=O)(=O)C2CC2)cc1)c1ccc(OCc2c(-c3c(Cl)cccc3Cl)noc2C2CC2)nc1C(F)(F)F.CN(Cc1ccc(C(=O)CS(=O)(=O)N(C)C)cc1)c1ccc(OCc2c(-c3c(Cl)cccc3Cl)noc2C2CC2)nc1C(F)(F)F.CN(Cc1ccc(C(=O)CS(=O)(=O)c2ccc(C(C)(C)C)cc2)cc1)c1ccc(OCc2c(-c3c(Cl)cccc3Cl)noc2C2CC2)nc1C(F)(F)F. The van der Waals surface area contributed by atoms with Crippen LogP contribution in [0.1, 0.15) is 194 Å². The molecule has 764 valence electrons. The molecule has 0 bridgehead atoms. The first kappa shape index (κ1) is 108. The number of pyridine rings is 3. The Bertz CT molecular complexity index is 7040. The molecule has 0 aliphatic heterocycles. The maximum Gasteiger partial charge on any atom is 0.435 e. The van der Waals surface area contributed by atoms with E-state index in [9.17, 15) is 79.2 Å². The van der Waals surface area contributed by atoms with E-state index in [-0.39, 0.29) is 119 Å². The Kier molecular flexibility index (Phi) is 32.5. The van der Waals surface area contributed by atoms with Gasteiger partial charge in [-0.25, -0.2) is 44.5 Å². The summed E-state index contributed by atoms with van der Waals surface area (Å²) in [5, 5.41) is 14.2. The molecule has 0 atom stereocenters. The summed E-state index contributed by atoms with van der Waals surface area (Å²) in [6.45, 7) is 5.67. The number of carbonyl (C=O) groups excluding carboxylic acids is 3. The number of nitrogens with zero attached hydrogens (tertiary/aromatic N) is 10. The first-order valence-electron chi connectivity index (χ1n) is 45.3. The maximum atomic E-state index is 14.4. The molecule has 0 N–H and O–H groups in total. The van der Waals surface area contributed by atoms with Crippen molar-refractivity contribution in [1.82, 2.24) is 34.7 Å². The van der Waals surface area contributed by atoms with Gasteiger partial charge in [0, 0.05) is 124 Å². The van der Waals surface area contributed by atoms with Gasteiger partial charge in [0.25, 0.3) is 0 Å². The molecule has 4 aliphatic carbocycles. The molecule has 0 unspecified atom stereocenters. The van der Waals surface area contributed by atoms with Gasteiger partial charge in [0.05, 0.1) is 74.0 Å². The summed E-state index contributed by atoms with van der Waals surface area (Å²) < 4.78 is 238. The number of aromatic nitrogens is 6. The molecule has 43 heteroatoms. The third-order valence-corrected chi connectivity index (χ3v) is 31.7. The molecule has 0 amide bonds. The maximum absolute atomic E-state index is 14.4. The van der Waals surface area contributed by atoms with Crippen molar-refractivity contribution >= 4 is 134 Å². The summed E-state index contributed by atoms with van der Waals surface area (Å²) >= 11 is 38.5. The number of hydrogen-bond acceptors (Lipinski definition) is 24. The summed E-state index contributed by atoms with van der Waals surface area (Å²) in [5.41, 5.74) is 3.21. The predicted octanol–water partition coefficient (Wildman–Crippen LogP) is 25.3. The van der Waals surface area contributed by atoms with Gasteiger partial charge in [-0.3, -0.25) is 14.4 Å². The lowest BCUT2D eigenvalue weighted by Gasteiger charge is -2.23. The Morgan fingerprint density at radius 3 is 0.917 bits per heavy atom. The van der Waals surface area contributed by atoms with Crippen molar-refractivity contribution < 1.29 is 107 Å². The molecular formula is C102H93Cl6F9N10O15S3. The van der Waals surface area contributed by atoms with E-state index in [2.05, 4.69) is 30.4 Å². The second-order valence-corrected chi connectivity index (χ2v) is 45.5. The Labute approximate surface area is 859 Å². The van der Waals surface area contributed by atoms with E-state index in [1.165, 1.54) is 135 Å². The Hall–Kier alpha value is -11.7. The van der Waals surface area contributed by atoms with Gasteiger partial charge < -0.3 is 42.5 Å². The molecule has 6 aromatic heterocycles. The van der Waals surface area contributed by atoms with E-state index in [4.69, 9.17) is 97.4 Å². The molecule has 17 rings (SSSR count). The van der Waals surface area contributed by atoms with E-state index in [1.807, 2.05) is 20.8 Å². The van der Waals surface area contributed by atoms with Crippen LogP contribution in [0.2, 0.25) is 30.1 Å². The second-order valence-electron chi connectivity index (χ2n) is 36.7. The zero-order valence-corrected chi connectivity index (χ0v) is 85.7. The van der Waals surface area contributed by atoms with Gasteiger partial charge in [-0.2, -0.15) is 39.5 Å². The minimum atomic E-state index is -4.82. The van der Waals surface area contributed by atoms with E-state index < -0.39 is 105 Å². The number of Topliss-reactive ketones (excluding diaryl/α,β-unsaturated/α-hetero) is 3. The summed E-state index contributed by atoms with van der Waals surface area (Å²) in [4.78, 5) is 53.6. The van der Waals surface area contributed by atoms with E-state index >= 15 is 0 Å². The minimum absolute atomic E-state index is 0.0330. The largest absolute Gasteiger partial charge is 0.473 e. The van der Waals surface area contributed by atoms with Crippen molar-refractivity contribution in [3.63, 3.8) is 0 Å². The van der Waals surface area contributed by atoms with Crippen LogP contribution in [0.25, 0.3) is 33.8 Å². The summed E-state index contributed by atoms with van der Waals surface area (Å²) in [6, 6.07) is 47.6. The zero-order chi connectivity index (χ0) is 104. The number of halogens is 15. The fourth-order valence-electron chi connectivity index (χ4n) is 15.8. The fraction of sp³-hybridized carbons (Fsp3) is 0.324. The van der Waals surface area contributed by atoms with Crippen LogP contribution in [0.4, 0.5) is 56.6 Å². The highest BCUT2D eigenvalue weighted by atomic mass is 35.5. The Balaban J connectivity index is 0.000000164. The van der Waals surface area contributed by atoms with Crippen LogP contribution in [-0.2, 0) is 93.1 Å². The lowest BCUT2D eigenvalue weighted by atomic mass is 9.87. The molecule has 13 aromatic rings. The molecule has 0 spiro atoms. The van der Waals surface area contributed by atoms with Gasteiger partial charge in [0.15, 0.2) is 54.1 Å². The quantitative estimate of drug-likeness (QED) is 0.0260. The second kappa shape index (κ2) is 43.8. The highest BCUT2D eigenvalue weighted by Gasteiger charge is 2.44. The van der Waals surface area contributed by atoms with E-state index in [1.54, 1.807) is 103 Å². The zero-order valence-electron chi connectivity index (χ0n) is 78.7. The molecular weight excluding hydrogens is 2090 g/mol. The molecule has 25 nitrogen and oxygen atoms in total. The Morgan fingerprint density at radius 2 is 0.655 bits per heavy atom. The number of ketones is 3. The Morgan fingerprint density at radius 1 is 0.372 bits per heavy atom. The first-order chi connectivity index (χ1) is 68.4. The van der Waals surface area contributed by atoms with Crippen molar-refractivity contribution in [3.8, 4) is 51.4 Å². The highest BCUT2D eigenvalue weighted by Crippen LogP contribution is 2.51. The van der Waals surface area contributed by atoms with Gasteiger partial charge >= 0.3 is 18.5 Å². The standard InChI is InChI=1S/C39H36Cl2F3N3O5S.C32H28Cl2F3N3O5S.C31H29Cl2F3N4O5S/c1-38(2,3)26-14-16-27(17-15-26)53(49,50)22-32(48)24-10-8-23(9-11-24)20-47(4)31-18-19-33(45-37(31)39(42,43)44)51-21-28-35(46-52-36(28)25-12-13-25)34-29(40)6-5-7-30(34)41;1-40(15-18-5-7-19(8-6-18)26(41)17-46(42,43)21-11-12-21)25-13-14-27(38-31(25)32(35,36)37)44-16-22-29(39-45-30(22)20-9-10-20)28-23(33)3-2-4-24(28)34;1-39(2)46(42,43)17-25(41)19-9-7-18(8-10-19)15-40(3)24-13-14-26(37-30(24)31(34,35)36)44-16-21-28(38-45-29(21)20-11-12-20)27-22(32)5-4-6-23(27)33/h5-11,14-19,25H,12-13,20-22H2,1-4H3;2-8,13-14,20-21H,9-12,15-17H2,1H3;4-10,13-14,20H,11-12,15-17H2,1-3H3. The summed E-state index contributed by atoms with van der Waals surface area (Å²) in [7, 11) is -3.97. The van der Waals surface area contributed by atoms with Gasteiger partial charge in [0.1, 0.15) is 71.4 Å². The van der Waals surface area contributed by atoms with Crippen LogP contribution >= 0.6 is 69.6 Å². The average molecular weight is 2180 g/mol. The number of ether oxygens (including phenoxy) is 3. The molecule has 4 aliphatic rings. The van der Waals surface area contributed by atoms with Gasteiger partial charge in [0.2, 0.25) is 27.7 Å². The summed E-state index contributed by atoms with van der Waals surface area (Å²) in [5.74, 6) is -2.33. The third-order valence-electron chi connectivity index (χ3n) is 24.3. The normalized spacial score (nSPS) is 14.1. The van der Waals surface area contributed by atoms with Gasteiger partial charge in [-0.05, 0) is 146 Å². The highest BCUT2D eigenvalue weighted by molar-refractivity contribution is 7.93. The number of rotatable bonds is 36. The topological polar surface area (TPSA) is 311 Å². The lowest BCUT2D eigenvalue weighted by Crippen LogP contribution is -2.29. The number of sulfonamides is 1. The van der Waals surface area contributed by atoms with Crippen LogP contribution in [-0.4, -0.2) is 135 Å². The monoisotopic (exact) mass is 2170 g/mol. The average Bonchev–Trinajstić information content (AvgIpc) is 1.64. The molecule has 4 fully saturated rings. The molecule has 0 radical (unpaired) electrons. The minimum Gasteiger partial charge on any atom is -0.473 e. The number of alkyl halides is 9. The third kappa shape index (κ3) is 26.3. The van der Waals surface area contributed by atoms with E-state index in [0.29, 0.717) is 127 Å². The van der Waals surface area contributed by atoms with Gasteiger partial charge in [-0.15, -0.1) is 0 Å². The van der Waals surface area contributed by atoms with Crippen molar-refractivity contribution in [2.45, 2.75) is 163 Å². The fourth-order valence-corrected chi connectivity index (χ4v) is 21.2. The van der Waals surface area contributed by atoms with Crippen LogP contribution in [0.15, 0.2) is 207 Å². The van der Waals surface area contributed by atoms with Crippen molar-refractivity contribution in [2.24, 2.45) is 0 Å². The van der Waals surface area contributed by atoms with Crippen LogP contribution in [0.5, 0.6) is 17.6 Å². The predicted molar refractivity (Wildman–Crippen MR) is 533 cm³/mol. The van der Waals surface area contributed by atoms with Crippen LogP contribution in [0, 0.1) is 0 Å². The lowest BCUT2D eigenvalue weighted by molar-refractivity contribution is -0.141. The number of sulfone groups is 2.